The number of thioether (sulfide) groups is 1. The van der Waals surface area contributed by atoms with Crippen molar-refractivity contribution in [1.29, 1.82) is 0 Å². The highest BCUT2D eigenvalue weighted by Crippen LogP contribution is 2.34. The monoisotopic (exact) mass is 394 g/mol. The van der Waals surface area contributed by atoms with E-state index in [1.165, 1.54) is 12.1 Å². The smallest absolute Gasteiger partial charge is 0.344 e. The molecule has 0 atom stereocenters. The first-order chi connectivity index (χ1) is 11.3. The molecule has 0 radical (unpaired) electrons. The number of hydrogen-bond acceptors (Lipinski definition) is 7. The third-order valence-corrected chi connectivity index (χ3v) is 3.91. The summed E-state index contributed by atoms with van der Waals surface area (Å²) < 4.78 is 9.96. The van der Waals surface area contributed by atoms with Gasteiger partial charge in [0.2, 0.25) is 5.91 Å². The van der Waals surface area contributed by atoms with Gasteiger partial charge in [-0.05, 0) is 13.0 Å². The maximum atomic E-state index is 11.7. The molecule has 1 amide bonds. The van der Waals surface area contributed by atoms with Gasteiger partial charge in [0.05, 0.1) is 34.1 Å². The van der Waals surface area contributed by atoms with Crippen LogP contribution in [0.1, 0.15) is 6.92 Å². The minimum atomic E-state index is -1.26. The minimum absolute atomic E-state index is 0.0913. The number of esters is 1. The van der Waals surface area contributed by atoms with E-state index in [9.17, 15) is 19.5 Å². The van der Waals surface area contributed by atoms with Crippen molar-refractivity contribution in [1.82, 2.24) is 0 Å². The van der Waals surface area contributed by atoms with Crippen LogP contribution in [0.25, 0.3) is 0 Å². The van der Waals surface area contributed by atoms with Crippen LogP contribution in [-0.2, 0) is 19.1 Å². The highest BCUT2D eigenvalue weighted by atomic mass is 35.5. The Labute approximate surface area is 152 Å². The summed E-state index contributed by atoms with van der Waals surface area (Å²) in [5.41, 5.74) is 0.221. The molecule has 0 aromatic heterocycles. The molecule has 0 saturated heterocycles. The third kappa shape index (κ3) is 7.29. The molecule has 0 aliphatic heterocycles. The molecule has 1 N–H and O–H groups in total. The van der Waals surface area contributed by atoms with Gasteiger partial charge in [0, 0.05) is 11.8 Å². The molecule has 24 heavy (non-hydrogen) atoms. The van der Waals surface area contributed by atoms with Crippen molar-refractivity contribution in [2.24, 2.45) is 0 Å². The van der Waals surface area contributed by atoms with E-state index < -0.39 is 17.8 Å². The quantitative estimate of drug-likeness (QED) is 0.630. The number of carbonyl (C=O) groups excluding carboxylic acids is 3. The van der Waals surface area contributed by atoms with Gasteiger partial charge in [-0.3, -0.25) is 4.79 Å². The predicted octanol–water partition coefficient (Wildman–Crippen LogP) is 1.36. The van der Waals surface area contributed by atoms with Crippen molar-refractivity contribution in [3.05, 3.63) is 22.2 Å². The molecular weight excluding hydrogens is 381 g/mol. The zero-order chi connectivity index (χ0) is 18.1. The Hall–Kier alpha value is -1.64. The average Bonchev–Trinajstić information content (AvgIpc) is 2.48. The number of anilines is 1. The summed E-state index contributed by atoms with van der Waals surface area (Å²) in [5.74, 6) is -2.52. The topological polar surface area (TPSA) is 105 Å². The normalized spacial score (nSPS) is 10.1. The van der Waals surface area contributed by atoms with Crippen LogP contribution in [0.4, 0.5) is 5.69 Å². The summed E-state index contributed by atoms with van der Waals surface area (Å²) >= 11 is 12.8. The van der Waals surface area contributed by atoms with Gasteiger partial charge in [0.15, 0.2) is 6.61 Å². The van der Waals surface area contributed by atoms with Crippen LogP contribution < -0.4 is 15.2 Å². The van der Waals surface area contributed by atoms with Crippen LogP contribution in [-0.4, -0.2) is 42.6 Å². The molecule has 1 aromatic rings. The van der Waals surface area contributed by atoms with Gasteiger partial charge in [-0.2, -0.15) is 0 Å². The maximum absolute atomic E-state index is 11.7. The standard InChI is InChI=1S/C14H15Cl2NO6S/c1-2-22-14(21)5-23-11-4-10(8(15)3-9(11)16)17-12(18)6-24-7-13(19)20/h3-4H,2,5-7H2,1H3,(H,17,18)(H,19,20)/p-1. The number of aliphatic carboxylic acids is 1. The first-order valence-corrected chi connectivity index (χ1v) is 8.59. The first kappa shape index (κ1) is 20.4. The van der Waals surface area contributed by atoms with Crippen LogP contribution in [0.15, 0.2) is 12.1 Å². The minimum Gasteiger partial charge on any atom is -0.549 e. The van der Waals surface area contributed by atoms with Gasteiger partial charge in [-0.25, -0.2) is 4.79 Å². The van der Waals surface area contributed by atoms with E-state index in [0.717, 1.165) is 11.8 Å². The Morgan fingerprint density at radius 2 is 1.92 bits per heavy atom. The Kier molecular flexibility index (Phi) is 8.73. The molecule has 0 spiro atoms. The molecule has 0 fully saturated rings. The van der Waals surface area contributed by atoms with Crippen LogP contribution in [0.5, 0.6) is 5.75 Å². The zero-order valence-electron chi connectivity index (χ0n) is 12.6. The van der Waals surface area contributed by atoms with E-state index in [4.69, 9.17) is 32.7 Å². The van der Waals surface area contributed by atoms with Crippen LogP contribution in [0.2, 0.25) is 10.0 Å². The molecule has 0 heterocycles. The molecular formula is C14H14Cl2NO6S-. The van der Waals surface area contributed by atoms with Crippen LogP contribution in [0.3, 0.4) is 0 Å². The van der Waals surface area contributed by atoms with Gasteiger partial charge in [0.1, 0.15) is 5.75 Å². The fourth-order valence-electron chi connectivity index (χ4n) is 1.49. The second-order valence-electron chi connectivity index (χ2n) is 4.27. The van der Waals surface area contributed by atoms with E-state index in [1.807, 2.05) is 0 Å². The number of ether oxygens (including phenoxy) is 2. The molecule has 0 unspecified atom stereocenters. The molecule has 10 heteroatoms. The van der Waals surface area contributed by atoms with Gasteiger partial charge in [0.25, 0.3) is 0 Å². The molecule has 0 aliphatic rings. The second-order valence-corrected chi connectivity index (χ2v) is 6.07. The predicted molar refractivity (Wildman–Crippen MR) is 89.6 cm³/mol. The zero-order valence-corrected chi connectivity index (χ0v) is 14.9. The fourth-order valence-corrected chi connectivity index (χ4v) is 2.50. The van der Waals surface area contributed by atoms with Gasteiger partial charge < -0.3 is 24.7 Å². The Morgan fingerprint density at radius 1 is 1.21 bits per heavy atom. The Balaban J connectivity index is 2.70. The largest absolute Gasteiger partial charge is 0.549 e. The van der Waals surface area contributed by atoms with Gasteiger partial charge in [-0.15, -0.1) is 11.8 Å². The van der Waals surface area contributed by atoms with Gasteiger partial charge in [-0.1, -0.05) is 23.2 Å². The average molecular weight is 395 g/mol. The summed E-state index contributed by atoms with van der Waals surface area (Å²) in [6.45, 7) is 1.55. The number of rotatable bonds is 9. The molecule has 1 aromatic carbocycles. The summed E-state index contributed by atoms with van der Waals surface area (Å²) in [4.78, 5) is 33.3. The van der Waals surface area contributed by atoms with Crippen molar-refractivity contribution in [3.63, 3.8) is 0 Å². The van der Waals surface area contributed by atoms with E-state index in [2.05, 4.69) is 5.32 Å². The van der Waals surface area contributed by atoms with E-state index in [-0.39, 0.29) is 46.2 Å². The number of halogens is 2. The van der Waals surface area contributed by atoms with Crippen LogP contribution >= 0.6 is 35.0 Å². The van der Waals surface area contributed by atoms with Crippen molar-refractivity contribution in [2.45, 2.75) is 6.92 Å². The summed E-state index contributed by atoms with van der Waals surface area (Å²) in [6.07, 6.45) is 0. The Morgan fingerprint density at radius 3 is 2.54 bits per heavy atom. The lowest BCUT2D eigenvalue weighted by Crippen LogP contribution is -2.25. The molecule has 132 valence electrons. The van der Waals surface area contributed by atoms with Crippen molar-refractivity contribution >= 4 is 58.5 Å². The lowest BCUT2D eigenvalue weighted by atomic mass is 10.3. The Bertz CT molecular complexity index is 626. The SMILES string of the molecule is CCOC(=O)COc1cc(NC(=O)CSCC(=O)[O-])c(Cl)cc1Cl. The van der Waals surface area contributed by atoms with Crippen molar-refractivity contribution < 1.29 is 29.0 Å². The number of hydrogen-bond donors (Lipinski definition) is 1. The maximum Gasteiger partial charge on any atom is 0.344 e. The van der Waals surface area contributed by atoms with E-state index in [0.29, 0.717) is 0 Å². The van der Waals surface area contributed by atoms with Crippen molar-refractivity contribution in [2.75, 3.05) is 30.0 Å². The lowest BCUT2D eigenvalue weighted by molar-refractivity contribution is -0.301. The van der Waals surface area contributed by atoms with Crippen LogP contribution in [0, 0.1) is 0 Å². The summed E-state index contributed by atoms with van der Waals surface area (Å²) in [5, 5.41) is 13.1. The molecule has 1 rings (SSSR count). The highest BCUT2D eigenvalue weighted by Gasteiger charge is 2.13. The molecule has 0 saturated carbocycles. The van der Waals surface area contributed by atoms with E-state index in [1.54, 1.807) is 6.92 Å². The lowest BCUT2D eigenvalue weighted by Gasteiger charge is -2.12. The third-order valence-electron chi connectivity index (χ3n) is 2.40. The number of amides is 1. The van der Waals surface area contributed by atoms with Gasteiger partial charge >= 0.3 is 5.97 Å². The number of carboxylic acid groups (broad SMARTS) is 1. The molecule has 0 bridgehead atoms. The van der Waals surface area contributed by atoms with Crippen molar-refractivity contribution in [3.8, 4) is 5.75 Å². The number of benzene rings is 1. The number of carboxylic acids is 1. The molecule has 7 nitrogen and oxygen atoms in total. The van der Waals surface area contributed by atoms with E-state index >= 15 is 0 Å². The number of nitrogens with one attached hydrogen (secondary N) is 1. The highest BCUT2D eigenvalue weighted by molar-refractivity contribution is 8.00. The summed E-state index contributed by atoms with van der Waals surface area (Å²) in [7, 11) is 0. The number of carbonyl (C=O) groups is 3. The first-order valence-electron chi connectivity index (χ1n) is 6.68. The summed E-state index contributed by atoms with van der Waals surface area (Å²) in [6, 6.07) is 2.72. The molecule has 0 aliphatic carbocycles. The second kappa shape index (κ2) is 10.3. The fraction of sp³-hybridized carbons (Fsp3) is 0.357.